The highest BCUT2D eigenvalue weighted by molar-refractivity contribution is 5.90. The lowest BCUT2D eigenvalue weighted by atomic mass is 10.0. The predicted octanol–water partition coefficient (Wildman–Crippen LogP) is 0.715. The average molecular weight is 325 g/mol. The van der Waals surface area contributed by atoms with Gasteiger partial charge in [0.1, 0.15) is 29.3 Å². The fourth-order valence-corrected chi connectivity index (χ4v) is 3.38. The molecular weight excluding hydrogens is 306 g/mol. The molecule has 0 bridgehead atoms. The van der Waals surface area contributed by atoms with E-state index in [9.17, 15) is 4.79 Å². The SMILES string of the molecule is CN(c1ncnc2c1ccn2C)C1CCn2cc(C(N)=O)nc2C1. The molecule has 0 fully saturated rings. The van der Waals surface area contributed by atoms with Crippen LogP contribution in [-0.4, -0.2) is 43.1 Å². The van der Waals surface area contributed by atoms with Crippen LogP contribution in [0.5, 0.6) is 0 Å². The number of carbonyl (C=O) groups excluding carboxylic acids is 1. The van der Waals surface area contributed by atoms with E-state index in [0.717, 1.165) is 42.1 Å². The number of imidazole rings is 1. The summed E-state index contributed by atoms with van der Waals surface area (Å²) in [7, 11) is 4.02. The first kappa shape index (κ1) is 14.7. The molecule has 8 heteroatoms. The maximum atomic E-state index is 11.3. The van der Waals surface area contributed by atoms with E-state index in [0.29, 0.717) is 5.69 Å². The minimum Gasteiger partial charge on any atom is -0.364 e. The number of fused-ring (bicyclic) bond motifs is 2. The largest absolute Gasteiger partial charge is 0.364 e. The van der Waals surface area contributed by atoms with E-state index in [2.05, 4.69) is 19.9 Å². The molecule has 4 heterocycles. The zero-order chi connectivity index (χ0) is 16.8. The summed E-state index contributed by atoms with van der Waals surface area (Å²) in [5.74, 6) is 1.33. The minimum absolute atomic E-state index is 0.263. The molecule has 2 N–H and O–H groups in total. The molecular formula is C16H19N7O. The summed E-state index contributed by atoms with van der Waals surface area (Å²) in [5.41, 5.74) is 6.58. The van der Waals surface area contributed by atoms with Gasteiger partial charge in [0, 0.05) is 45.5 Å². The Bertz CT molecular complexity index is 926. The fraction of sp³-hybridized carbons (Fsp3) is 0.375. The number of rotatable bonds is 3. The molecule has 0 spiro atoms. The second-order valence-electron chi connectivity index (χ2n) is 6.22. The van der Waals surface area contributed by atoms with Gasteiger partial charge < -0.3 is 19.8 Å². The molecule has 24 heavy (non-hydrogen) atoms. The summed E-state index contributed by atoms with van der Waals surface area (Å²) in [6.07, 6.45) is 7.04. The van der Waals surface area contributed by atoms with E-state index in [1.54, 1.807) is 12.5 Å². The molecule has 4 rings (SSSR count). The molecule has 0 saturated carbocycles. The van der Waals surface area contributed by atoms with E-state index in [1.807, 2.05) is 35.5 Å². The van der Waals surface area contributed by atoms with Gasteiger partial charge in [0.15, 0.2) is 0 Å². The van der Waals surface area contributed by atoms with Crippen molar-refractivity contribution >= 4 is 22.8 Å². The number of primary amides is 1. The van der Waals surface area contributed by atoms with Crippen LogP contribution in [0.1, 0.15) is 22.7 Å². The third kappa shape index (κ3) is 2.22. The average Bonchev–Trinajstić information content (AvgIpc) is 3.17. The number of nitrogens with two attached hydrogens (primary N) is 1. The van der Waals surface area contributed by atoms with Crippen LogP contribution in [-0.2, 0) is 20.0 Å². The van der Waals surface area contributed by atoms with E-state index < -0.39 is 5.91 Å². The number of aryl methyl sites for hydroxylation is 2. The van der Waals surface area contributed by atoms with E-state index in [4.69, 9.17) is 5.73 Å². The van der Waals surface area contributed by atoms with Gasteiger partial charge in [-0.1, -0.05) is 0 Å². The Labute approximate surface area is 138 Å². The lowest BCUT2D eigenvalue weighted by Crippen LogP contribution is -2.38. The van der Waals surface area contributed by atoms with Crippen molar-refractivity contribution in [2.24, 2.45) is 12.8 Å². The van der Waals surface area contributed by atoms with Crippen LogP contribution in [0, 0.1) is 0 Å². The molecule has 0 aliphatic carbocycles. The molecule has 1 amide bonds. The molecule has 0 saturated heterocycles. The Morgan fingerprint density at radius 3 is 3.04 bits per heavy atom. The molecule has 1 aliphatic heterocycles. The number of aromatic nitrogens is 5. The Morgan fingerprint density at radius 2 is 2.25 bits per heavy atom. The smallest absolute Gasteiger partial charge is 0.268 e. The summed E-state index contributed by atoms with van der Waals surface area (Å²) in [5, 5.41) is 1.04. The van der Waals surface area contributed by atoms with Crippen LogP contribution < -0.4 is 10.6 Å². The molecule has 1 atom stereocenters. The quantitative estimate of drug-likeness (QED) is 0.765. The summed E-state index contributed by atoms with van der Waals surface area (Å²) >= 11 is 0. The fourth-order valence-electron chi connectivity index (χ4n) is 3.38. The highest BCUT2D eigenvalue weighted by Gasteiger charge is 2.26. The van der Waals surface area contributed by atoms with Crippen LogP contribution in [0.3, 0.4) is 0 Å². The second kappa shape index (κ2) is 5.33. The Kier molecular flexibility index (Phi) is 3.26. The van der Waals surface area contributed by atoms with E-state index in [-0.39, 0.29) is 6.04 Å². The number of likely N-dealkylation sites (N-methyl/N-ethyl adjacent to an activating group) is 1. The topological polar surface area (TPSA) is 94.9 Å². The number of anilines is 1. The zero-order valence-corrected chi connectivity index (χ0v) is 13.7. The number of hydrogen-bond acceptors (Lipinski definition) is 5. The van der Waals surface area contributed by atoms with Gasteiger partial charge in [-0.05, 0) is 12.5 Å². The van der Waals surface area contributed by atoms with Gasteiger partial charge in [-0.25, -0.2) is 15.0 Å². The molecule has 1 aliphatic rings. The zero-order valence-electron chi connectivity index (χ0n) is 13.7. The van der Waals surface area contributed by atoms with Gasteiger partial charge >= 0.3 is 0 Å². The van der Waals surface area contributed by atoms with Crippen molar-refractivity contribution in [3.63, 3.8) is 0 Å². The molecule has 1 unspecified atom stereocenters. The number of carbonyl (C=O) groups is 1. The first-order valence-corrected chi connectivity index (χ1v) is 7.89. The van der Waals surface area contributed by atoms with Gasteiger partial charge in [-0.2, -0.15) is 0 Å². The van der Waals surface area contributed by atoms with Crippen LogP contribution in [0.25, 0.3) is 11.0 Å². The van der Waals surface area contributed by atoms with Gasteiger partial charge in [0.05, 0.1) is 5.39 Å². The summed E-state index contributed by atoms with van der Waals surface area (Å²) in [4.78, 5) is 26.7. The summed E-state index contributed by atoms with van der Waals surface area (Å²) < 4.78 is 4.00. The Balaban J connectivity index is 1.65. The number of hydrogen-bond donors (Lipinski definition) is 1. The van der Waals surface area contributed by atoms with Gasteiger partial charge in [-0.15, -0.1) is 0 Å². The maximum Gasteiger partial charge on any atom is 0.268 e. The highest BCUT2D eigenvalue weighted by atomic mass is 16.1. The predicted molar refractivity (Wildman–Crippen MR) is 89.8 cm³/mol. The molecule has 0 aromatic carbocycles. The van der Waals surface area contributed by atoms with Crippen molar-refractivity contribution in [1.29, 1.82) is 0 Å². The lowest BCUT2D eigenvalue weighted by Gasteiger charge is -2.32. The standard InChI is InChI=1S/C16H19N7O/c1-21-5-4-11-15(21)18-9-19-16(11)22(2)10-3-6-23-8-12(14(17)24)20-13(23)7-10/h4-5,8-10H,3,6-7H2,1-2H3,(H2,17,24). The van der Waals surface area contributed by atoms with Crippen molar-refractivity contribution in [3.05, 3.63) is 36.3 Å². The minimum atomic E-state index is -0.483. The van der Waals surface area contributed by atoms with E-state index in [1.165, 1.54) is 0 Å². The number of amides is 1. The second-order valence-corrected chi connectivity index (χ2v) is 6.22. The van der Waals surface area contributed by atoms with Crippen molar-refractivity contribution < 1.29 is 4.79 Å². The monoisotopic (exact) mass is 325 g/mol. The lowest BCUT2D eigenvalue weighted by molar-refractivity contribution is 0.0996. The Hall–Kier alpha value is -2.90. The molecule has 3 aromatic heterocycles. The van der Waals surface area contributed by atoms with Crippen LogP contribution in [0.4, 0.5) is 5.82 Å². The molecule has 3 aromatic rings. The summed E-state index contributed by atoms with van der Waals surface area (Å²) in [6.45, 7) is 0.813. The summed E-state index contributed by atoms with van der Waals surface area (Å²) in [6, 6.07) is 2.30. The Morgan fingerprint density at radius 1 is 1.42 bits per heavy atom. The van der Waals surface area contributed by atoms with Crippen molar-refractivity contribution in [2.75, 3.05) is 11.9 Å². The van der Waals surface area contributed by atoms with E-state index >= 15 is 0 Å². The van der Waals surface area contributed by atoms with Crippen LogP contribution in [0.15, 0.2) is 24.8 Å². The molecule has 0 radical (unpaired) electrons. The molecule has 124 valence electrons. The first-order chi connectivity index (χ1) is 11.5. The van der Waals surface area contributed by atoms with Gasteiger partial charge in [-0.3, -0.25) is 4.79 Å². The van der Waals surface area contributed by atoms with Gasteiger partial charge in [0.2, 0.25) is 0 Å². The van der Waals surface area contributed by atoms with Crippen molar-refractivity contribution in [1.82, 2.24) is 24.1 Å². The van der Waals surface area contributed by atoms with Crippen LogP contribution >= 0.6 is 0 Å². The third-order valence-electron chi connectivity index (χ3n) is 4.76. The van der Waals surface area contributed by atoms with Crippen LogP contribution in [0.2, 0.25) is 0 Å². The molecule has 8 nitrogen and oxygen atoms in total. The highest BCUT2D eigenvalue weighted by Crippen LogP contribution is 2.27. The maximum absolute atomic E-state index is 11.3. The first-order valence-electron chi connectivity index (χ1n) is 7.89. The van der Waals surface area contributed by atoms with Crippen molar-refractivity contribution in [2.45, 2.75) is 25.4 Å². The number of nitrogens with zero attached hydrogens (tertiary/aromatic N) is 6. The normalized spacial score (nSPS) is 17.0. The van der Waals surface area contributed by atoms with Crippen molar-refractivity contribution in [3.8, 4) is 0 Å². The van der Waals surface area contributed by atoms with Gasteiger partial charge in [0.25, 0.3) is 5.91 Å². The third-order valence-corrected chi connectivity index (χ3v) is 4.76.